The fourth-order valence-electron chi connectivity index (χ4n) is 3.44. The fraction of sp³-hybridized carbons (Fsp3) is 0.550. The molecule has 0 aromatic carbocycles. The predicted molar refractivity (Wildman–Crippen MR) is 103 cm³/mol. The van der Waals surface area contributed by atoms with Crippen molar-refractivity contribution >= 4 is 11.8 Å². The van der Waals surface area contributed by atoms with E-state index in [1.165, 1.54) is 5.56 Å². The molecule has 6 heteroatoms. The van der Waals surface area contributed by atoms with E-state index in [9.17, 15) is 4.79 Å². The first-order valence-electron chi connectivity index (χ1n) is 9.53. The third-order valence-corrected chi connectivity index (χ3v) is 5.02. The molecule has 0 saturated carbocycles. The number of anilines is 1. The number of nitrogens with one attached hydrogen (secondary N) is 1. The number of pyridine rings is 1. The van der Waals surface area contributed by atoms with Crippen LogP contribution in [0, 0.1) is 12.8 Å². The van der Waals surface area contributed by atoms with E-state index in [4.69, 9.17) is 0 Å². The van der Waals surface area contributed by atoms with Gasteiger partial charge in [0, 0.05) is 38.1 Å². The molecule has 2 aromatic rings. The number of likely N-dealkylation sites (tertiary alicyclic amines) is 1. The van der Waals surface area contributed by atoms with Crippen LogP contribution in [0.2, 0.25) is 0 Å². The molecule has 1 fully saturated rings. The second-order valence-electron chi connectivity index (χ2n) is 7.55. The highest BCUT2D eigenvalue weighted by atomic mass is 16.2. The highest BCUT2D eigenvalue weighted by Crippen LogP contribution is 2.27. The molecule has 1 N–H and O–H groups in total. The quantitative estimate of drug-likeness (QED) is 0.880. The molecule has 1 aliphatic heterocycles. The third-order valence-electron chi connectivity index (χ3n) is 5.02. The van der Waals surface area contributed by atoms with Crippen molar-refractivity contribution in [2.24, 2.45) is 5.92 Å². The number of aromatic nitrogens is 3. The number of aryl methyl sites for hydroxylation is 2. The number of piperidine rings is 1. The minimum atomic E-state index is -0.0242. The van der Waals surface area contributed by atoms with Crippen LogP contribution in [0.4, 0.5) is 10.6 Å². The van der Waals surface area contributed by atoms with Crippen LogP contribution in [0.15, 0.2) is 30.6 Å². The summed E-state index contributed by atoms with van der Waals surface area (Å²) in [4.78, 5) is 18.7. The molecule has 26 heavy (non-hydrogen) atoms. The van der Waals surface area contributed by atoms with Crippen LogP contribution in [0.3, 0.4) is 0 Å². The lowest BCUT2D eigenvalue weighted by atomic mass is 9.90. The van der Waals surface area contributed by atoms with Gasteiger partial charge in [0.2, 0.25) is 0 Å². The molecule has 1 saturated heterocycles. The van der Waals surface area contributed by atoms with E-state index >= 15 is 0 Å². The molecule has 3 rings (SSSR count). The highest BCUT2D eigenvalue weighted by Gasteiger charge is 2.24. The maximum Gasteiger partial charge on any atom is 0.322 e. The summed E-state index contributed by atoms with van der Waals surface area (Å²) in [6.45, 7) is 8.73. The number of hydrogen-bond acceptors (Lipinski definition) is 3. The summed E-state index contributed by atoms with van der Waals surface area (Å²) in [7, 11) is 0. The minimum absolute atomic E-state index is 0.0242. The van der Waals surface area contributed by atoms with Gasteiger partial charge in [-0.25, -0.2) is 9.48 Å². The second-order valence-corrected chi connectivity index (χ2v) is 7.55. The zero-order valence-corrected chi connectivity index (χ0v) is 16.0. The lowest BCUT2D eigenvalue weighted by Crippen LogP contribution is -2.41. The summed E-state index contributed by atoms with van der Waals surface area (Å²) < 4.78 is 1.91. The Morgan fingerprint density at radius 2 is 1.96 bits per heavy atom. The van der Waals surface area contributed by atoms with Crippen molar-refractivity contribution in [1.82, 2.24) is 19.7 Å². The fourth-order valence-corrected chi connectivity index (χ4v) is 3.44. The Kier molecular flexibility index (Phi) is 5.91. The smallest absolute Gasteiger partial charge is 0.322 e. The number of rotatable bonds is 5. The molecule has 0 radical (unpaired) electrons. The maximum absolute atomic E-state index is 12.7. The first-order chi connectivity index (χ1) is 12.5. The molecule has 0 unspecified atom stereocenters. The van der Waals surface area contributed by atoms with Crippen molar-refractivity contribution in [3.05, 3.63) is 41.9 Å². The van der Waals surface area contributed by atoms with Crippen molar-refractivity contribution < 1.29 is 4.79 Å². The van der Waals surface area contributed by atoms with Gasteiger partial charge in [0.25, 0.3) is 0 Å². The van der Waals surface area contributed by atoms with Gasteiger partial charge in [-0.1, -0.05) is 13.8 Å². The molecule has 6 nitrogen and oxygen atoms in total. The van der Waals surface area contributed by atoms with Gasteiger partial charge in [-0.3, -0.25) is 10.3 Å². The number of hydrogen-bond donors (Lipinski definition) is 1. The van der Waals surface area contributed by atoms with Gasteiger partial charge >= 0.3 is 6.03 Å². The van der Waals surface area contributed by atoms with Crippen molar-refractivity contribution in [3.8, 4) is 0 Å². The van der Waals surface area contributed by atoms with Crippen molar-refractivity contribution in [3.63, 3.8) is 0 Å². The zero-order valence-electron chi connectivity index (χ0n) is 16.0. The molecular weight excluding hydrogens is 326 g/mol. The Morgan fingerprint density at radius 1 is 1.27 bits per heavy atom. The molecule has 0 spiro atoms. The van der Waals surface area contributed by atoms with Crippen molar-refractivity contribution in [2.45, 2.75) is 52.5 Å². The highest BCUT2D eigenvalue weighted by molar-refractivity contribution is 5.88. The van der Waals surface area contributed by atoms with Crippen LogP contribution in [-0.4, -0.2) is 38.8 Å². The topological polar surface area (TPSA) is 63.1 Å². The van der Waals surface area contributed by atoms with Crippen LogP contribution in [-0.2, 0) is 6.54 Å². The van der Waals surface area contributed by atoms with E-state index < -0.39 is 0 Å². The molecule has 3 heterocycles. The van der Waals surface area contributed by atoms with Gasteiger partial charge in [-0.2, -0.15) is 5.10 Å². The summed E-state index contributed by atoms with van der Waals surface area (Å²) >= 11 is 0. The molecule has 0 aliphatic carbocycles. The molecular formula is C20H29N5O. The van der Waals surface area contributed by atoms with Crippen LogP contribution < -0.4 is 5.32 Å². The molecule has 0 bridgehead atoms. The van der Waals surface area contributed by atoms with E-state index in [0.717, 1.165) is 50.4 Å². The minimum Gasteiger partial charge on any atom is -0.324 e. The standard InChI is InChI=1S/C20H29N5O/c1-15(2)6-13-25-19(14-16(3)23-25)22-20(26)24-11-7-18(8-12-24)17-4-9-21-10-5-17/h4-5,9-10,14-15,18H,6-8,11-13H2,1-3H3,(H,22,26). The van der Waals surface area contributed by atoms with Gasteiger partial charge in [0.15, 0.2) is 0 Å². The second kappa shape index (κ2) is 8.34. The van der Waals surface area contributed by atoms with Crippen LogP contribution >= 0.6 is 0 Å². The number of carbonyl (C=O) groups is 1. The van der Waals surface area contributed by atoms with Gasteiger partial charge in [-0.15, -0.1) is 0 Å². The molecule has 140 valence electrons. The van der Waals surface area contributed by atoms with Crippen LogP contribution in [0.5, 0.6) is 0 Å². The number of urea groups is 1. The van der Waals surface area contributed by atoms with Gasteiger partial charge in [0.1, 0.15) is 5.82 Å². The molecule has 0 atom stereocenters. The lowest BCUT2D eigenvalue weighted by molar-refractivity contribution is 0.194. The van der Waals surface area contributed by atoms with Gasteiger partial charge < -0.3 is 4.90 Å². The zero-order chi connectivity index (χ0) is 18.5. The first-order valence-corrected chi connectivity index (χ1v) is 9.53. The lowest BCUT2D eigenvalue weighted by Gasteiger charge is -2.32. The summed E-state index contributed by atoms with van der Waals surface area (Å²) in [6, 6.07) is 6.08. The summed E-state index contributed by atoms with van der Waals surface area (Å²) in [5, 5.41) is 7.57. The normalized spacial score (nSPS) is 15.5. The van der Waals surface area contributed by atoms with E-state index in [0.29, 0.717) is 11.8 Å². The average Bonchev–Trinajstić information content (AvgIpc) is 3.00. The van der Waals surface area contributed by atoms with E-state index in [-0.39, 0.29) is 6.03 Å². The third kappa shape index (κ3) is 4.62. The van der Waals surface area contributed by atoms with Crippen LogP contribution in [0.1, 0.15) is 50.3 Å². The van der Waals surface area contributed by atoms with E-state index in [1.54, 1.807) is 0 Å². The van der Waals surface area contributed by atoms with Gasteiger partial charge in [-0.05, 0) is 55.7 Å². The summed E-state index contributed by atoms with van der Waals surface area (Å²) in [5.41, 5.74) is 2.25. The maximum atomic E-state index is 12.7. The average molecular weight is 355 g/mol. The Balaban J connectivity index is 1.56. The number of amides is 2. The van der Waals surface area contributed by atoms with Crippen LogP contribution in [0.25, 0.3) is 0 Å². The van der Waals surface area contributed by atoms with Crippen molar-refractivity contribution in [1.29, 1.82) is 0 Å². The first kappa shape index (κ1) is 18.4. The summed E-state index contributed by atoms with van der Waals surface area (Å²) in [6.07, 6.45) is 6.71. The molecule has 2 amide bonds. The Morgan fingerprint density at radius 3 is 2.62 bits per heavy atom. The van der Waals surface area contributed by atoms with Gasteiger partial charge in [0.05, 0.1) is 5.69 Å². The Bertz CT molecular complexity index is 717. The van der Waals surface area contributed by atoms with E-state index in [2.05, 4.69) is 41.4 Å². The number of carbonyl (C=O) groups excluding carboxylic acids is 1. The van der Waals surface area contributed by atoms with Crippen molar-refractivity contribution in [2.75, 3.05) is 18.4 Å². The monoisotopic (exact) mass is 355 g/mol. The molecule has 1 aliphatic rings. The summed E-state index contributed by atoms with van der Waals surface area (Å²) in [5.74, 6) is 1.92. The molecule has 2 aromatic heterocycles. The largest absolute Gasteiger partial charge is 0.324 e. The Labute approximate surface area is 155 Å². The number of nitrogens with zero attached hydrogens (tertiary/aromatic N) is 4. The SMILES string of the molecule is Cc1cc(NC(=O)N2CCC(c3ccncc3)CC2)n(CCC(C)C)n1. The van der Waals surface area contributed by atoms with E-state index in [1.807, 2.05) is 35.0 Å². The Hall–Kier alpha value is -2.37. The predicted octanol–water partition coefficient (Wildman–Crippen LogP) is 4.04.